The largest absolute Gasteiger partial charge is 0.481 e. The minimum Gasteiger partial charge on any atom is -0.481 e. The molecule has 0 amide bonds. The Balaban J connectivity index is 0.000000595. The molecular formula is C19H28Cl2NO7PS3. The standard InChI is InChI=1S/C11H15Cl2O2PS3.C4H9NO3.C4H4O2/c1-3-14-16(17,15-4-2)19-8-18-11-7-9(12)5-6-10(11)13;1-2(6)3(5)4(7)8;5-4-2-1-3-6-4/h5-7H,3-4,8H2,1-2H3;2-3,6H,5H2,1H3,(H,7,8);1-3,5H/t;2-,3+;/m.1./s1. The van der Waals surface area contributed by atoms with Crippen molar-refractivity contribution in [3.05, 3.63) is 46.6 Å². The van der Waals surface area contributed by atoms with Gasteiger partial charge in [-0.05, 0) is 56.8 Å². The number of carboxylic acids is 1. The van der Waals surface area contributed by atoms with Gasteiger partial charge in [-0.1, -0.05) is 34.6 Å². The van der Waals surface area contributed by atoms with Gasteiger partial charge in [-0.25, -0.2) is 0 Å². The van der Waals surface area contributed by atoms with E-state index < -0.39 is 23.8 Å². The number of halogens is 2. The van der Waals surface area contributed by atoms with Crippen molar-refractivity contribution in [2.45, 2.75) is 37.8 Å². The zero-order valence-electron chi connectivity index (χ0n) is 18.2. The third-order valence-electron chi connectivity index (χ3n) is 3.20. The van der Waals surface area contributed by atoms with Crippen molar-refractivity contribution in [2.75, 3.05) is 18.3 Å². The molecule has 2 atom stereocenters. The molecule has 0 saturated heterocycles. The highest BCUT2D eigenvalue weighted by atomic mass is 35.5. The second kappa shape index (κ2) is 17.9. The average molecular weight is 581 g/mol. The minimum atomic E-state index is -2.23. The molecule has 5 N–H and O–H groups in total. The van der Waals surface area contributed by atoms with Crippen LogP contribution in [0.25, 0.3) is 0 Å². The molecule has 14 heteroatoms. The Kier molecular flexibility index (Phi) is 17.6. The zero-order chi connectivity index (χ0) is 25.4. The summed E-state index contributed by atoms with van der Waals surface area (Å²) in [5, 5.41) is 26.9. The Morgan fingerprint density at radius 3 is 2.24 bits per heavy atom. The Hall–Kier alpha value is -0.460. The van der Waals surface area contributed by atoms with E-state index in [1.165, 1.54) is 30.6 Å². The van der Waals surface area contributed by atoms with Crippen LogP contribution in [0.4, 0.5) is 0 Å². The van der Waals surface area contributed by atoms with Crippen molar-refractivity contribution in [1.82, 2.24) is 0 Å². The van der Waals surface area contributed by atoms with Gasteiger partial charge in [-0.2, -0.15) is 0 Å². The molecule has 1 aromatic carbocycles. The van der Waals surface area contributed by atoms with E-state index >= 15 is 0 Å². The van der Waals surface area contributed by atoms with Crippen LogP contribution in [0, 0.1) is 0 Å². The molecule has 33 heavy (non-hydrogen) atoms. The number of aliphatic hydroxyl groups is 1. The summed E-state index contributed by atoms with van der Waals surface area (Å²) in [6.45, 7) is 6.29. The van der Waals surface area contributed by atoms with Crippen molar-refractivity contribution >= 4 is 69.8 Å². The first-order valence-corrected chi connectivity index (χ1v) is 15.4. The van der Waals surface area contributed by atoms with Crippen molar-refractivity contribution < 1.29 is 33.6 Å². The van der Waals surface area contributed by atoms with Crippen LogP contribution in [-0.4, -0.2) is 51.7 Å². The highest BCUT2D eigenvalue weighted by Gasteiger charge is 2.19. The maximum Gasteiger partial charge on any atom is 0.323 e. The molecule has 1 aromatic heterocycles. The van der Waals surface area contributed by atoms with E-state index in [4.69, 9.17) is 65.1 Å². The number of carbonyl (C=O) groups is 1. The number of nitrogens with two attached hydrogens (primary N) is 1. The van der Waals surface area contributed by atoms with Gasteiger partial charge in [0.05, 0.1) is 35.7 Å². The number of benzene rings is 1. The second-order valence-corrected chi connectivity index (χ2v) is 14.3. The highest BCUT2D eigenvalue weighted by molar-refractivity contribution is 8.69. The molecule has 0 fully saturated rings. The summed E-state index contributed by atoms with van der Waals surface area (Å²) in [4.78, 5) is 10.8. The lowest BCUT2D eigenvalue weighted by Crippen LogP contribution is -2.39. The highest BCUT2D eigenvalue weighted by Crippen LogP contribution is 2.62. The summed E-state index contributed by atoms with van der Waals surface area (Å²) in [6, 6.07) is 7.34. The van der Waals surface area contributed by atoms with Gasteiger partial charge in [0, 0.05) is 16.0 Å². The maximum atomic E-state index is 9.86. The number of carboxylic acid groups (broad SMARTS) is 1. The lowest BCUT2D eigenvalue weighted by Gasteiger charge is -2.19. The van der Waals surface area contributed by atoms with Crippen molar-refractivity contribution in [3.8, 4) is 5.95 Å². The predicted molar refractivity (Wildman–Crippen MR) is 140 cm³/mol. The van der Waals surface area contributed by atoms with Gasteiger partial charge >= 0.3 is 5.97 Å². The van der Waals surface area contributed by atoms with Crippen LogP contribution in [0.1, 0.15) is 20.8 Å². The second-order valence-electron chi connectivity index (χ2n) is 5.80. The van der Waals surface area contributed by atoms with Crippen LogP contribution in [-0.2, 0) is 25.6 Å². The number of furan rings is 1. The third-order valence-corrected chi connectivity index (χ3v) is 11.0. The molecule has 0 unspecified atom stereocenters. The first-order chi connectivity index (χ1) is 15.5. The van der Waals surface area contributed by atoms with Gasteiger partial charge in [0.1, 0.15) is 6.04 Å². The number of thioether (sulfide) groups is 1. The van der Waals surface area contributed by atoms with E-state index in [0.29, 0.717) is 23.3 Å². The molecule has 0 bridgehead atoms. The molecule has 0 aliphatic heterocycles. The quantitative estimate of drug-likeness (QED) is 0.153. The first kappa shape index (κ1) is 32.5. The topological polar surface area (TPSA) is 135 Å². The molecular weight excluding hydrogens is 552 g/mol. The SMILES string of the molecule is CCOP(=S)(OCC)SCSc1cc(Cl)ccc1Cl.C[C@@H](O)[C@H](N)C(=O)O.Oc1ccco1. The van der Waals surface area contributed by atoms with Crippen LogP contribution < -0.4 is 5.73 Å². The van der Waals surface area contributed by atoms with E-state index in [1.54, 1.807) is 30.0 Å². The molecule has 2 aromatic rings. The lowest BCUT2D eigenvalue weighted by molar-refractivity contribution is -0.140. The van der Waals surface area contributed by atoms with Gasteiger partial charge in [-0.3, -0.25) is 4.79 Å². The Morgan fingerprint density at radius 1 is 1.27 bits per heavy atom. The van der Waals surface area contributed by atoms with Gasteiger partial charge < -0.3 is 34.5 Å². The van der Waals surface area contributed by atoms with Gasteiger partial charge in [0.25, 0.3) is 5.95 Å². The van der Waals surface area contributed by atoms with Crippen molar-refractivity contribution in [1.29, 1.82) is 0 Å². The molecule has 2 rings (SSSR count). The van der Waals surface area contributed by atoms with Crippen LogP contribution in [0.2, 0.25) is 10.0 Å². The molecule has 0 saturated carbocycles. The average Bonchev–Trinajstić information content (AvgIpc) is 3.22. The summed E-state index contributed by atoms with van der Waals surface area (Å²) in [6.07, 6.45) is 0.433. The number of rotatable bonds is 10. The normalized spacial score (nSPS) is 12.6. The Labute approximate surface area is 217 Å². The van der Waals surface area contributed by atoms with Crippen LogP contribution >= 0.6 is 52.0 Å². The van der Waals surface area contributed by atoms with Crippen LogP contribution in [0.15, 0.2) is 45.9 Å². The Bertz CT molecular complexity index is 850. The smallest absolute Gasteiger partial charge is 0.323 e. The fourth-order valence-electron chi connectivity index (χ4n) is 1.65. The molecule has 0 aliphatic carbocycles. The summed E-state index contributed by atoms with van der Waals surface area (Å²) in [5.41, 5.74) is 2.68. The zero-order valence-corrected chi connectivity index (χ0v) is 23.1. The molecule has 1 heterocycles. The van der Waals surface area contributed by atoms with Crippen LogP contribution in [0.5, 0.6) is 5.95 Å². The van der Waals surface area contributed by atoms with E-state index in [2.05, 4.69) is 4.42 Å². The number of hydrogen-bond acceptors (Lipinski definition) is 10. The number of aliphatic hydroxyl groups excluding tert-OH is 1. The summed E-state index contributed by atoms with van der Waals surface area (Å²) >= 11 is 20.6. The van der Waals surface area contributed by atoms with Gasteiger partial charge in [0.15, 0.2) is 0 Å². The molecule has 0 aliphatic rings. The van der Waals surface area contributed by atoms with Crippen molar-refractivity contribution in [3.63, 3.8) is 0 Å². The number of aromatic hydroxyl groups is 1. The fourth-order valence-corrected chi connectivity index (χ4v) is 9.18. The fraction of sp³-hybridized carbons (Fsp3) is 0.421. The summed E-state index contributed by atoms with van der Waals surface area (Å²) in [5.74, 6) is -1.21. The lowest BCUT2D eigenvalue weighted by atomic mass is 10.2. The van der Waals surface area contributed by atoms with E-state index in [0.717, 1.165) is 9.98 Å². The monoisotopic (exact) mass is 579 g/mol. The van der Waals surface area contributed by atoms with E-state index in [1.807, 2.05) is 19.9 Å². The summed E-state index contributed by atoms with van der Waals surface area (Å²) < 4.78 is 15.5. The first-order valence-electron chi connectivity index (χ1n) is 9.46. The van der Waals surface area contributed by atoms with Crippen molar-refractivity contribution in [2.24, 2.45) is 5.73 Å². The van der Waals surface area contributed by atoms with E-state index in [-0.39, 0.29) is 5.95 Å². The van der Waals surface area contributed by atoms with Gasteiger partial charge in [0.2, 0.25) is 5.69 Å². The Morgan fingerprint density at radius 2 is 1.88 bits per heavy atom. The molecule has 8 nitrogen and oxygen atoms in total. The summed E-state index contributed by atoms with van der Waals surface area (Å²) in [7, 11) is 0. The minimum absolute atomic E-state index is 0.0324. The molecule has 0 spiro atoms. The number of hydrogen-bond donors (Lipinski definition) is 4. The predicted octanol–water partition coefficient (Wildman–Crippen LogP) is 5.84. The number of aliphatic carboxylic acids is 1. The third kappa shape index (κ3) is 15.2. The van der Waals surface area contributed by atoms with Crippen LogP contribution in [0.3, 0.4) is 0 Å². The molecule has 0 radical (unpaired) electrons. The molecule has 188 valence electrons. The van der Waals surface area contributed by atoms with Gasteiger partial charge in [-0.15, -0.1) is 11.8 Å². The maximum absolute atomic E-state index is 9.86. The van der Waals surface area contributed by atoms with E-state index in [9.17, 15) is 4.79 Å².